The second kappa shape index (κ2) is 3.97. The first-order valence-corrected chi connectivity index (χ1v) is 5.71. The van der Waals surface area contributed by atoms with E-state index in [4.69, 9.17) is 4.74 Å². The minimum Gasteiger partial charge on any atom is -0.374 e. The van der Waals surface area contributed by atoms with Crippen molar-refractivity contribution >= 4 is 0 Å². The fourth-order valence-electron chi connectivity index (χ4n) is 1.96. The van der Waals surface area contributed by atoms with Gasteiger partial charge in [-0.25, -0.2) is 0 Å². The highest BCUT2D eigenvalue weighted by Crippen LogP contribution is 2.31. The first-order valence-electron chi connectivity index (χ1n) is 5.71. The molecule has 1 aliphatic heterocycles. The largest absolute Gasteiger partial charge is 0.374 e. The van der Waals surface area contributed by atoms with Crippen LogP contribution in [0, 0.1) is 6.07 Å². The van der Waals surface area contributed by atoms with Gasteiger partial charge in [0, 0.05) is 6.61 Å². The molecule has 1 radical (unpaired) electrons. The molecule has 0 amide bonds. The Bertz CT molecular complexity index is 329. The maximum atomic E-state index is 5.68. The molecule has 1 saturated heterocycles. The van der Waals surface area contributed by atoms with Crippen molar-refractivity contribution in [1.29, 1.82) is 0 Å². The zero-order valence-corrected chi connectivity index (χ0v) is 9.84. The predicted octanol–water partition coefficient (Wildman–Crippen LogP) is 3.64. The average molecular weight is 203 g/mol. The Morgan fingerprint density at radius 3 is 2.80 bits per heavy atom. The van der Waals surface area contributed by atoms with E-state index in [-0.39, 0.29) is 11.5 Å². The van der Waals surface area contributed by atoms with Gasteiger partial charge in [-0.15, -0.1) is 0 Å². The minimum absolute atomic E-state index is 0.211. The third-order valence-corrected chi connectivity index (χ3v) is 2.97. The van der Waals surface area contributed by atoms with Crippen molar-refractivity contribution in [3.05, 3.63) is 35.4 Å². The summed E-state index contributed by atoms with van der Waals surface area (Å²) in [4.78, 5) is 0. The molecule has 2 rings (SSSR count). The van der Waals surface area contributed by atoms with Gasteiger partial charge in [0.1, 0.15) is 0 Å². The van der Waals surface area contributed by atoms with Crippen molar-refractivity contribution in [2.45, 2.75) is 45.1 Å². The lowest BCUT2D eigenvalue weighted by Crippen LogP contribution is -2.11. The van der Waals surface area contributed by atoms with Crippen molar-refractivity contribution in [2.24, 2.45) is 0 Å². The Labute approximate surface area is 92.5 Å². The van der Waals surface area contributed by atoms with Gasteiger partial charge in [-0.2, -0.15) is 0 Å². The van der Waals surface area contributed by atoms with Gasteiger partial charge in [-0.3, -0.25) is 0 Å². The summed E-state index contributed by atoms with van der Waals surface area (Å²) >= 11 is 0. The second-order valence-electron chi connectivity index (χ2n) is 5.28. The van der Waals surface area contributed by atoms with Crippen molar-refractivity contribution < 1.29 is 4.74 Å². The molecular formula is C14H19O. The van der Waals surface area contributed by atoms with Crippen molar-refractivity contribution in [1.82, 2.24) is 0 Å². The van der Waals surface area contributed by atoms with Gasteiger partial charge in [0.15, 0.2) is 0 Å². The van der Waals surface area contributed by atoms with Gasteiger partial charge in [-0.05, 0) is 35.4 Å². The van der Waals surface area contributed by atoms with Gasteiger partial charge in [0.05, 0.1) is 6.10 Å². The molecule has 0 saturated carbocycles. The van der Waals surface area contributed by atoms with Crippen LogP contribution < -0.4 is 0 Å². The quantitative estimate of drug-likeness (QED) is 0.677. The fourth-order valence-corrected chi connectivity index (χ4v) is 1.96. The maximum Gasteiger partial charge on any atom is 0.0831 e. The van der Waals surface area contributed by atoms with E-state index in [1.807, 2.05) is 6.07 Å². The molecule has 0 spiro atoms. The molecule has 0 aliphatic carbocycles. The zero-order chi connectivity index (χ0) is 10.9. The van der Waals surface area contributed by atoms with Crippen molar-refractivity contribution in [2.75, 3.05) is 6.61 Å². The van der Waals surface area contributed by atoms with Crippen LogP contribution in [-0.4, -0.2) is 6.61 Å². The molecule has 1 atom stereocenters. The molecule has 1 heterocycles. The highest BCUT2D eigenvalue weighted by molar-refractivity contribution is 5.29. The van der Waals surface area contributed by atoms with Crippen LogP contribution in [0.1, 0.15) is 50.8 Å². The first kappa shape index (κ1) is 10.7. The molecule has 15 heavy (non-hydrogen) atoms. The number of hydrogen-bond donors (Lipinski definition) is 0. The smallest absolute Gasteiger partial charge is 0.0831 e. The highest BCUT2D eigenvalue weighted by Gasteiger charge is 2.20. The Morgan fingerprint density at radius 2 is 2.20 bits per heavy atom. The van der Waals surface area contributed by atoms with E-state index in [2.05, 4.69) is 39.0 Å². The fraction of sp³-hybridized carbons (Fsp3) is 0.571. The Balaban J connectivity index is 2.26. The van der Waals surface area contributed by atoms with E-state index in [0.29, 0.717) is 0 Å². The van der Waals surface area contributed by atoms with E-state index in [1.165, 1.54) is 17.5 Å². The Morgan fingerprint density at radius 1 is 1.40 bits per heavy atom. The third kappa shape index (κ3) is 2.40. The summed E-state index contributed by atoms with van der Waals surface area (Å²) in [6, 6.07) is 9.72. The molecule has 1 fully saturated rings. The lowest BCUT2D eigenvalue weighted by molar-refractivity contribution is 0.111. The summed E-state index contributed by atoms with van der Waals surface area (Å²) in [5.74, 6) is 0. The monoisotopic (exact) mass is 203 g/mol. The van der Waals surface area contributed by atoms with Gasteiger partial charge in [-0.1, -0.05) is 39.0 Å². The van der Waals surface area contributed by atoms with Crippen LogP contribution in [0.5, 0.6) is 0 Å². The van der Waals surface area contributed by atoms with E-state index in [0.717, 1.165) is 13.0 Å². The topological polar surface area (TPSA) is 9.23 Å². The summed E-state index contributed by atoms with van der Waals surface area (Å²) in [6.07, 6.45) is 2.61. The molecule has 1 aromatic rings. The van der Waals surface area contributed by atoms with Crippen LogP contribution in [0.4, 0.5) is 0 Å². The van der Waals surface area contributed by atoms with E-state index in [1.54, 1.807) is 0 Å². The summed E-state index contributed by atoms with van der Waals surface area (Å²) < 4.78 is 5.68. The zero-order valence-electron chi connectivity index (χ0n) is 9.84. The van der Waals surface area contributed by atoms with Crippen LogP contribution in [0.25, 0.3) is 0 Å². The van der Waals surface area contributed by atoms with Crippen LogP contribution in [0.15, 0.2) is 18.2 Å². The summed E-state index contributed by atoms with van der Waals surface area (Å²) in [6.45, 7) is 7.61. The molecule has 0 N–H and O–H groups in total. The minimum atomic E-state index is 0.211. The summed E-state index contributed by atoms with van der Waals surface area (Å²) in [7, 11) is 0. The van der Waals surface area contributed by atoms with Crippen molar-refractivity contribution in [3.8, 4) is 0 Å². The molecule has 81 valence electrons. The summed E-state index contributed by atoms with van der Waals surface area (Å²) in [5, 5.41) is 0. The number of benzene rings is 1. The molecule has 1 unspecified atom stereocenters. The molecular weight excluding hydrogens is 184 g/mol. The van der Waals surface area contributed by atoms with Gasteiger partial charge >= 0.3 is 0 Å². The summed E-state index contributed by atoms with van der Waals surface area (Å²) in [5.41, 5.74) is 2.80. The normalized spacial score (nSPS) is 21.9. The number of ether oxygens (including phenoxy) is 1. The van der Waals surface area contributed by atoms with Crippen LogP contribution in [0.3, 0.4) is 0 Å². The predicted molar refractivity (Wildman–Crippen MR) is 61.9 cm³/mol. The third-order valence-electron chi connectivity index (χ3n) is 2.97. The lowest BCUT2D eigenvalue weighted by Gasteiger charge is -2.20. The first-order chi connectivity index (χ1) is 7.07. The molecule has 1 aromatic carbocycles. The van der Waals surface area contributed by atoms with E-state index < -0.39 is 0 Å². The van der Waals surface area contributed by atoms with Crippen LogP contribution >= 0.6 is 0 Å². The van der Waals surface area contributed by atoms with Crippen molar-refractivity contribution in [3.63, 3.8) is 0 Å². The maximum absolute atomic E-state index is 5.68. The highest BCUT2D eigenvalue weighted by atomic mass is 16.5. The Hall–Kier alpha value is -0.820. The Kier molecular flexibility index (Phi) is 2.83. The van der Waals surface area contributed by atoms with Gasteiger partial charge in [0.2, 0.25) is 0 Å². The molecule has 0 aromatic heterocycles. The number of hydrogen-bond acceptors (Lipinski definition) is 1. The van der Waals surface area contributed by atoms with Gasteiger partial charge in [0.25, 0.3) is 0 Å². The van der Waals surface area contributed by atoms with E-state index >= 15 is 0 Å². The average Bonchev–Trinajstić information content (AvgIpc) is 2.69. The van der Waals surface area contributed by atoms with Crippen LogP contribution in [-0.2, 0) is 10.2 Å². The lowest BCUT2D eigenvalue weighted by atomic mass is 9.85. The van der Waals surface area contributed by atoms with Crippen LogP contribution in [0.2, 0.25) is 0 Å². The number of rotatable bonds is 1. The van der Waals surface area contributed by atoms with E-state index in [9.17, 15) is 0 Å². The SMILES string of the molecule is CC(C)(C)c1cc[c]c(C2CCCO2)c1. The molecule has 0 bridgehead atoms. The van der Waals surface area contributed by atoms with Gasteiger partial charge < -0.3 is 4.74 Å². The molecule has 1 aliphatic rings. The molecule has 1 heteroatoms. The standard InChI is InChI=1S/C14H19O/c1-14(2,3)12-7-4-6-11(10-12)13-8-5-9-15-13/h4,7,10,13H,5,8-9H2,1-3H3. The second-order valence-corrected chi connectivity index (χ2v) is 5.28. The molecule has 1 nitrogen and oxygen atoms in total.